The van der Waals surface area contributed by atoms with E-state index >= 15 is 0 Å². The lowest BCUT2D eigenvalue weighted by Crippen LogP contribution is -2.19. The van der Waals surface area contributed by atoms with Crippen molar-refractivity contribution in [1.29, 1.82) is 0 Å². The molecule has 2 heterocycles. The Morgan fingerprint density at radius 3 is 3.00 bits per heavy atom. The number of aromatic amines is 1. The number of hydrogen-bond acceptors (Lipinski definition) is 3. The molecular weight excluding hydrogens is 286 g/mol. The number of nitrogens with one attached hydrogen (secondary N) is 1. The highest BCUT2D eigenvalue weighted by atomic mass is 35.5. The summed E-state index contributed by atoms with van der Waals surface area (Å²) in [7, 11) is 0. The number of nitrogens with two attached hydrogens (primary N) is 1. The van der Waals surface area contributed by atoms with E-state index in [0.29, 0.717) is 12.5 Å². The number of hydrogen-bond donors (Lipinski definition) is 2. The van der Waals surface area contributed by atoms with Gasteiger partial charge in [-0.15, -0.1) is 0 Å². The van der Waals surface area contributed by atoms with E-state index in [1.54, 1.807) is 12.5 Å². The van der Waals surface area contributed by atoms with E-state index in [9.17, 15) is 0 Å². The van der Waals surface area contributed by atoms with Gasteiger partial charge in [0.1, 0.15) is 5.82 Å². The van der Waals surface area contributed by atoms with Crippen molar-refractivity contribution in [3.8, 4) is 0 Å². The van der Waals surface area contributed by atoms with Gasteiger partial charge < -0.3 is 15.3 Å². The molecule has 1 saturated carbocycles. The summed E-state index contributed by atoms with van der Waals surface area (Å²) in [6.07, 6.45) is 6.49. The minimum atomic E-state index is -0.172. The molecule has 3 aromatic rings. The molecule has 6 heteroatoms. The van der Waals surface area contributed by atoms with Gasteiger partial charge >= 0.3 is 0 Å². The number of imidazole rings is 2. The van der Waals surface area contributed by atoms with Crippen LogP contribution in [0.4, 0.5) is 0 Å². The van der Waals surface area contributed by atoms with Crippen LogP contribution in [0.25, 0.3) is 11.0 Å². The van der Waals surface area contributed by atoms with Gasteiger partial charge in [-0.25, -0.2) is 9.97 Å². The van der Waals surface area contributed by atoms with Crippen LogP contribution in [0.15, 0.2) is 30.7 Å². The van der Waals surface area contributed by atoms with Gasteiger partial charge in [0.15, 0.2) is 0 Å². The zero-order chi connectivity index (χ0) is 14.4. The lowest BCUT2D eigenvalue weighted by Gasteiger charge is -2.14. The first-order valence-electron chi connectivity index (χ1n) is 7.13. The van der Waals surface area contributed by atoms with Crippen LogP contribution in [-0.2, 0) is 6.42 Å². The summed E-state index contributed by atoms with van der Waals surface area (Å²) >= 11 is 6.38. The normalized spacial score (nSPS) is 16.5. The molecule has 108 valence electrons. The van der Waals surface area contributed by atoms with E-state index in [1.807, 2.05) is 18.2 Å². The number of fused-ring (bicyclic) bond motifs is 1. The Morgan fingerprint density at radius 1 is 1.43 bits per heavy atom. The number of benzene rings is 1. The number of H-pyrrole nitrogens is 1. The van der Waals surface area contributed by atoms with E-state index in [-0.39, 0.29) is 6.04 Å². The van der Waals surface area contributed by atoms with E-state index in [1.165, 1.54) is 12.8 Å². The third-order valence-electron chi connectivity index (χ3n) is 3.93. The average Bonchev–Trinajstić information content (AvgIpc) is 3.03. The van der Waals surface area contributed by atoms with Gasteiger partial charge in [0.2, 0.25) is 0 Å². The molecule has 3 N–H and O–H groups in total. The molecule has 21 heavy (non-hydrogen) atoms. The van der Waals surface area contributed by atoms with Crippen molar-refractivity contribution < 1.29 is 0 Å². The maximum Gasteiger partial charge on any atom is 0.127 e. The van der Waals surface area contributed by atoms with Gasteiger partial charge in [0, 0.05) is 24.4 Å². The van der Waals surface area contributed by atoms with Crippen molar-refractivity contribution in [2.24, 2.45) is 5.73 Å². The van der Waals surface area contributed by atoms with Crippen LogP contribution >= 0.6 is 11.6 Å². The van der Waals surface area contributed by atoms with Gasteiger partial charge in [-0.3, -0.25) is 0 Å². The molecule has 0 radical (unpaired) electrons. The highest BCUT2D eigenvalue weighted by Crippen LogP contribution is 2.41. The van der Waals surface area contributed by atoms with Gasteiger partial charge in [-0.05, 0) is 25.0 Å². The summed E-state index contributed by atoms with van der Waals surface area (Å²) in [5.74, 6) is 0.912. The van der Waals surface area contributed by atoms with Crippen LogP contribution in [0.1, 0.15) is 36.4 Å². The first kappa shape index (κ1) is 12.9. The van der Waals surface area contributed by atoms with Crippen LogP contribution in [0.2, 0.25) is 5.02 Å². The van der Waals surface area contributed by atoms with Crippen molar-refractivity contribution in [1.82, 2.24) is 19.5 Å². The Bertz CT molecular complexity index is 773. The Balaban J connectivity index is 1.80. The first-order chi connectivity index (χ1) is 10.2. The second-order valence-corrected chi connectivity index (χ2v) is 5.97. The Hall–Kier alpha value is -1.85. The highest BCUT2D eigenvalue weighted by molar-refractivity contribution is 6.35. The lowest BCUT2D eigenvalue weighted by atomic mass is 10.1. The largest absolute Gasteiger partial charge is 0.348 e. The molecule has 2 aromatic heterocycles. The molecule has 0 aliphatic heterocycles. The zero-order valence-electron chi connectivity index (χ0n) is 11.5. The van der Waals surface area contributed by atoms with Crippen LogP contribution in [0.3, 0.4) is 0 Å². The van der Waals surface area contributed by atoms with Gasteiger partial charge in [0.25, 0.3) is 0 Å². The maximum atomic E-state index is 6.39. The molecule has 4 rings (SSSR count). The summed E-state index contributed by atoms with van der Waals surface area (Å²) < 4.78 is 2.23. The predicted molar refractivity (Wildman–Crippen MR) is 82.2 cm³/mol. The molecule has 0 bridgehead atoms. The smallest absolute Gasteiger partial charge is 0.127 e. The standard InChI is InChI=1S/C15H16ClN5/c16-11-2-1-3-13-14(11)21(10-4-5-10)15(20-13)12(17)6-9-7-18-8-19-9/h1-3,7-8,10,12H,4-6,17H2,(H,18,19). The second kappa shape index (κ2) is 4.86. The number of nitrogens with zero attached hydrogens (tertiary/aromatic N) is 3. The Morgan fingerprint density at radius 2 is 2.29 bits per heavy atom. The quantitative estimate of drug-likeness (QED) is 0.778. The molecule has 1 atom stereocenters. The topological polar surface area (TPSA) is 72.5 Å². The molecule has 1 aromatic carbocycles. The SMILES string of the molecule is NC(Cc1cnc[nH]1)c1nc2cccc(Cl)c2n1C1CC1. The van der Waals surface area contributed by atoms with Gasteiger partial charge in [-0.1, -0.05) is 17.7 Å². The fourth-order valence-corrected chi connectivity index (χ4v) is 3.07. The number of aromatic nitrogens is 4. The van der Waals surface area contributed by atoms with Crippen LogP contribution < -0.4 is 5.73 Å². The lowest BCUT2D eigenvalue weighted by molar-refractivity contribution is 0.597. The summed E-state index contributed by atoms with van der Waals surface area (Å²) in [6.45, 7) is 0. The van der Waals surface area contributed by atoms with Crippen LogP contribution in [-0.4, -0.2) is 19.5 Å². The first-order valence-corrected chi connectivity index (χ1v) is 7.51. The fraction of sp³-hybridized carbons (Fsp3) is 0.333. The maximum absolute atomic E-state index is 6.39. The molecule has 1 fully saturated rings. The summed E-state index contributed by atoms with van der Waals surface area (Å²) in [5.41, 5.74) is 9.34. The fourth-order valence-electron chi connectivity index (χ4n) is 2.81. The van der Waals surface area contributed by atoms with Crippen LogP contribution in [0, 0.1) is 0 Å². The third kappa shape index (κ3) is 2.22. The predicted octanol–water partition coefficient (Wildman–Crippen LogP) is 2.99. The highest BCUT2D eigenvalue weighted by Gasteiger charge is 2.31. The molecule has 1 unspecified atom stereocenters. The summed E-state index contributed by atoms with van der Waals surface area (Å²) in [6, 6.07) is 6.15. The average molecular weight is 302 g/mol. The minimum absolute atomic E-state index is 0.172. The van der Waals surface area contributed by atoms with Crippen molar-refractivity contribution in [2.75, 3.05) is 0 Å². The third-order valence-corrected chi connectivity index (χ3v) is 4.23. The Labute approximate surface area is 127 Å². The monoisotopic (exact) mass is 301 g/mol. The van der Waals surface area contributed by atoms with E-state index in [4.69, 9.17) is 22.3 Å². The van der Waals surface area contributed by atoms with Crippen molar-refractivity contribution in [2.45, 2.75) is 31.3 Å². The van der Waals surface area contributed by atoms with Gasteiger partial charge in [-0.2, -0.15) is 0 Å². The molecule has 1 aliphatic carbocycles. The minimum Gasteiger partial charge on any atom is -0.348 e. The molecular formula is C15H16ClN5. The van der Waals surface area contributed by atoms with Gasteiger partial charge in [0.05, 0.1) is 28.4 Å². The molecule has 0 saturated heterocycles. The summed E-state index contributed by atoms with van der Waals surface area (Å²) in [5, 5.41) is 0.742. The molecule has 1 aliphatic rings. The van der Waals surface area contributed by atoms with E-state index < -0.39 is 0 Å². The van der Waals surface area contributed by atoms with Crippen LogP contribution in [0.5, 0.6) is 0 Å². The van der Waals surface area contributed by atoms with Crippen molar-refractivity contribution >= 4 is 22.6 Å². The molecule has 5 nitrogen and oxygen atoms in total. The van der Waals surface area contributed by atoms with E-state index in [2.05, 4.69) is 14.5 Å². The van der Waals surface area contributed by atoms with Crippen molar-refractivity contribution in [3.63, 3.8) is 0 Å². The van der Waals surface area contributed by atoms with Crippen molar-refractivity contribution in [3.05, 3.63) is 47.3 Å². The Kier molecular flexibility index (Phi) is 2.97. The second-order valence-electron chi connectivity index (χ2n) is 5.57. The zero-order valence-corrected chi connectivity index (χ0v) is 12.2. The number of halogens is 1. The molecule has 0 amide bonds. The number of para-hydroxylation sites is 1. The summed E-state index contributed by atoms with van der Waals surface area (Å²) in [4.78, 5) is 11.9. The number of rotatable bonds is 4. The van der Waals surface area contributed by atoms with E-state index in [0.717, 1.165) is 27.6 Å². The molecule has 0 spiro atoms.